The fourth-order valence-corrected chi connectivity index (χ4v) is 5.79. The molecule has 4 rings (SSSR count). The highest BCUT2D eigenvalue weighted by molar-refractivity contribution is 5.87. The van der Waals surface area contributed by atoms with Gasteiger partial charge in [0.15, 0.2) is 5.60 Å². The van der Waals surface area contributed by atoms with E-state index in [-0.39, 0.29) is 30.4 Å². The van der Waals surface area contributed by atoms with Crippen LogP contribution in [-0.4, -0.2) is 96.3 Å². The number of benzene rings is 1. The van der Waals surface area contributed by atoms with Crippen molar-refractivity contribution >= 4 is 17.9 Å². The van der Waals surface area contributed by atoms with E-state index in [1.807, 2.05) is 50.8 Å². The predicted molar refractivity (Wildman–Crippen MR) is 148 cm³/mol. The number of nitrogens with zero attached hydrogens (tertiary/aromatic N) is 3. The summed E-state index contributed by atoms with van der Waals surface area (Å²) in [7, 11) is 0. The summed E-state index contributed by atoms with van der Waals surface area (Å²) < 4.78 is 17.9. The Bertz CT molecular complexity index is 1020. The highest BCUT2D eigenvalue weighted by Crippen LogP contribution is 2.31. The minimum absolute atomic E-state index is 0.0558. The Kier molecular flexibility index (Phi) is 9.41. The number of ether oxygens (including phenoxy) is 3. The van der Waals surface area contributed by atoms with E-state index in [0.717, 1.165) is 25.0 Å². The van der Waals surface area contributed by atoms with Crippen molar-refractivity contribution in [1.29, 1.82) is 0 Å². The molecule has 0 saturated carbocycles. The number of fused-ring (bicyclic) bond motifs is 1. The number of hydrogen-bond acceptors (Lipinski definition) is 6. The van der Waals surface area contributed by atoms with Crippen molar-refractivity contribution in [3.8, 4) is 5.75 Å². The van der Waals surface area contributed by atoms with Crippen molar-refractivity contribution in [2.24, 2.45) is 5.92 Å². The van der Waals surface area contributed by atoms with Crippen molar-refractivity contribution in [2.45, 2.75) is 77.4 Å². The van der Waals surface area contributed by atoms with Crippen LogP contribution in [0.2, 0.25) is 0 Å². The lowest BCUT2D eigenvalue weighted by molar-refractivity contribution is -0.178. The lowest BCUT2D eigenvalue weighted by Crippen LogP contribution is -2.62. The third kappa shape index (κ3) is 7.24. The maximum atomic E-state index is 13.9. The summed E-state index contributed by atoms with van der Waals surface area (Å²) in [5.41, 5.74) is -0.408. The topological polar surface area (TPSA) is 88.6 Å². The van der Waals surface area contributed by atoms with E-state index in [9.17, 15) is 14.4 Å². The summed E-state index contributed by atoms with van der Waals surface area (Å²) in [6.45, 7) is 11.0. The molecule has 3 amide bonds. The number of carbonyl (C=O) groups excluding carboxylic acids is 3. The van der Waals surface area contributed by atoms with Gasteiger partial charge in [0.2, 0.25) is 5.91 Å². The number of likely N-dealkylation sites (tertiary alicyclic amines) is 1. The van der Waals surface area contributed by atoms with Crippen LogP contribution in [0.5, 0.6) is 5.75 Å². The minimum Gasteiger partial charge on any atom is -0.491 e. The van der Waals surface area contributed by atoms with E-state index in [2.05, 4.69) is 6.07 Å². The standard InChI is InChI=1S/C30H45N3O6/c1-5-31-18-20-37-25-12-7-6-10-23(25)11-8-9-15-30(27(31)35)22-33(19-21-38-30)26(34)24-13-16-32(17-14-24)28(36)39-29(2,3)4/h6-7,10,12,24H,5,8-9,11,13-22H2,1-4H3. The van der Waals surface area contributed by atoms with Gasteiger partial charge in [-0.1, -0.05) is 18.2 Å². The van der Waals surface area contributed by atoms with Gasteiger partial charge in [-0.05, 0) is 77.8 Å². The molecule has 0 N–H and O–H groups in total. The Hall–Kier alpha value is -2.81. The zero-order chi connectivity index (χ0) is 28.0. The van der Waals surface area contributed by atoms with Gasteiger partial charge in [-0.2, -0.15) is 0 Å². The third-order valence-corrected chi connectivity index (χ3v) is 7.92. The van der Waals surface area contributed by atoms with E-state index in [1.54, 1.807) is 9.80 Å². The van der Waals surface area contributed by atoms with Gasteiger partial charge in [0.1, 0.15) is 18.0 Å². The van der Waals surface area contributed by atoms with E-state index < -0.39 is 11.2 Å². The van der Waals surface area contributed by atoms with Gasteiger partial charge in [-0.15, -0.1) is 0 Å². The number of rotatable bonds is 2. The summed E-state index contributed by atoms with van der Waals surface area (Å²) in [5.74, 6) is 0.715. The summed E-state index contributed by atoms with van der Waals surface area (Å²) in [6, 6.07) is 8.10. The van der Waals surface area contributed by atoms with E-state index in [0.29, 0.717) is 65.2 Å². The molecule has 2 fully saturated rings. The van der Waals surface area contributed by atoms with E-state index in [4.69, 9.17) is 14.2 Å². The number of carbonyl (C=O) groups is 3. The predicted octanol–water partition coefficient (Wildman–Crippen LogP) is 3.89. The van der Waals surface area contributed by atoms with Gasteiger partial charge >= 0.3 is 6.09 Å². The van der Waals surface area contributed by atoms with Gasteiger partial charge in [0.05, 0.1) is 19.7 Å². The lowest BCUT2D eigenvalue weighted by Gasteiger charge is -2.45. The van der Waals surface area contributed by atoms with Crippen molar-refractivity contribution < 1.29 is 28.6 Å². The average molecular weight is 544 g/mol. The number of piperidine rings is 1. The Balaban J connectivity index is 1.43. The maximum Gasteiger partial charge on any atom is 0.410 e. The van der Waals surface area contributed by atoms with Crippen LogP contribution in [0, 0.1) is 5.92 Å². The number of aryl methyl sites for hydroxylation is 1. The monoisotopic (exact) mass is 543 g/mol. The zero-order valence-corrected chi connectivity index (χ0v) is 24.1. The van der Waals surface area contributed by atoms with Gasteiger partial charge < -0.3 is 28.9 Å². The number of morpholine rings is 1. The maximum absolute atomic E-state index is 13.9. The molecule has 1 atom stereocenters. The molecule has 3 aliphatic heterocycles. The second-order valence-electron chi connectivity index (χ2n) is 11.9. The van der Waals surface area contributed by atoms with Crippen LogP contribution in [0.25, 0.3) is 0 Å². The van der Waals surface area contributed by atoms with Gasteiger partial charge in [-0.25, -0.2) is 4.79 Å². The quantitative estimate of drug-likeness (QED) is 0.563. The van der Waals surface area contributed by atoms with Crippen LogP contribution >= 0.6 is 0 Å². The van der Waals surface area contributed by atoms with Gasteiger partial charge in [-0.3, -0.25) is 9.59 Å². The molecule has 9 nitrogen and oxygen atoms in total. The van der Waals surface area contributed by atoms with E-state index >= 15 is 0 Å². The first-order chi connectivity index (χ1) is 18.6. The first-order valence-electron chi connectivity index (χ1n) is 14.5. The minimum atomic E-state index is -1.04. The number of hydrogen-bond donors (Lipinski definition) is 0. The highest BCUT2D eigenvalue weighted by atomic mass is 16.6. The van der Waals surface area contributed by atoms with Crippen LogP contribution in [-0.2, 0) is 25.5 Å². The van der Waals surface area contributed by atoms with Crippen LogP contribution in [0.15, 0.2) is 24.3 Å². The molecule has 3 aliphatic rings. The first kappa shape index (κ1) is 29.2. The normalized spacial score (nSPS) is 23.9. The molecule has 216 valence electrons. The van der Waals surface area contributed by atoms with E-state index in [1.165, 1.54) is 5.56 Å². The summed E-state index contributed by atoms with van der Waals surface area (Å²) in [6.07, 6.45) is 4.02. The smallest absolute Gasteiger partial charge is 0.410 e. The van der Waals surface area contributed by atoms with Crippen molar-refractivity contribution in [1.82, 2.24) is 14.7 Å². The number of para-hydroxylation sites is 1. The molecular formula is C30H45N3O6. The molecule has 39 heavy (non-hydrogen) atoms. The molecule has 1 aromatic carbocycles. The molecule has 9 heteroatoms. The van der Waals surface area contributed by atoms with Crippen molar-refractivity contribution in [3.05, 3.63) is 29.8 Å². The zero-order valence-electron chi connectivity index (χ0n) is 24.1. The average Bonchev–Trinajstić information content (AvgIpc) is 2.92. The molecule has 1 unspecified atom stereocenters. The molecule has 0 aromatic heterocycles. The first-order valence-corrected chi connectivity index (χ1v) is 14.5. The van der Waals surface area contributed by atoms with Crippen LogP contribution in [0.1, 0.15) is 65.4 Å². The Morgan fingerprint density at radius 1 is 1.03 bits per heavy atom. The molecule has 0 radical (unpaired) electrons. The van der Waals surface area contributed by atoms with Gasteiger partial charge in [0, 0.05) is 32.1 Å². The Morgan fingerprint density at radius 2 is 1.77 bits per heavy atom. The molecule has 2 saturated heterocycles. The fourth-order valence-electron chi connectivity index (χ4n) is 5.79. The second kappa shape index (κ2) is 12.6. The summed E-state index contributed by atoms with van der Waals surface area (Å²) >= 11 is 0. The van der Waals surface area contributed by atoms with Crippen LogP contribution < -0.4 is 4.74 Å². The molecule has 0 aliphatic carbocycles. The highest BCUT2D eigenvalue weighted by Gasteiger charge is 2.47. The summed E-state index contributed by atoms with van der Waals surface area (Å²) in [5, 5.41) is 0. The Labute approximate surface area is 232 Å². The summed E-state index contributed by atoms with van der Waals surface area (Å²) in [4.78, 5) is 45.4. The van der Waals surface area contributed by atoms with Crippen LogP contribution in [0.4, 0.5) is 4.79 Å². The molecule has 0 bridgehead atoms. The largest absolute Gasteiger partial charge is 0.491 e. The molecule has 3 heterocycles. The number of likely N-dealkylation sites (N-methyl/N-ethyl adjacent to an activating group) is 1. The molecular weight excluding hydrogens is 498 g/mol. The molecule has 1 aromatic rings. The number of amides is 3. The SMILES string of the molecule is CCN1CCOc2ccccc2CCCCC2(CN(C(=O)C3CCN(C(=O)OC(C)(C)C)CC3)CCO2)C1=O. The Morgan fingerprint density at radius 3 is 2.49 bits per heavy atom. The third-order valence-electron chi connectivity index (χ3n) is 7.92. The van der Waals surface area contributed by atoms with Crippen LogP contribution in [0.3, 0.4) is 0 Å². The van der Waals surface area contributed by atoms with Crippen molar-refractivity contribution in [3.63, 3.8) is 0 Å². The van der Waals surface area contributed by atoms with Crippen molar-refractivity contribution in [2.75, 3.05) is 52.5 Å². The molecule has 1 spiro atoms. The lowest BCUT2D eigenvalue weighted by atomic mass is 9.89. The fraction of sp³-hybridized carbons (Fsp3) is 0.700. The second-order valence-corrected chi connectivity index (χ2v) is 11.9. The van der Waals surface area contributed by atoms with Gasteiger partial charge in [0.25, 0.3) is 5.91 Å².